The molecule has 2 N–H and O–H groups in total. The van der Waals surface area contributed by atoms with Crippen LogP contribution in [-0.4, -0.2) is 27.5 Å². The van der Waals surface area contributed by atoms with Crippen LogP contribution >= 0.6 is 22.9 Å². The Morgan fingerprint density at radius 3 is 2.86 bits per heavy atom. The minimum absolute atomic E-state index is 0.255. The van der Waals surface area contributed by atoms with Gasteiger partial charge in [-0.15, -0.1) is 11.3 Å². The third-order valence-corrected chi connectivity index (χ3v) is 7.16. The fourth-order valence-corrected chi connectivity index (χ4v) is 5.21. The first-order valence-corrected chi connectivity index (χ1v) is 12.6. The van der Waals surface area contributed by atoms with Crippen LogP contribution in [0.3, 0.4) is 0 Å². The second-order valence-electron chi connectivity index (χ2n) is 8.31. The van der Waals surface area contributed by atoms with Crippen molar-refractivity contribution in [1.29, 1.82) is 0 Å². The van der Waals surface area contributed by atoms with Crippen LogP contribution in [0.1, 0.15) is 17.7 Å². The van der Waals surface area contributed by atoms with Crippen LogP contribution in [0.2, 0.25) is 5.02 Å². The lowest BCUT2D eigenvalue weighted by Gasteiger charge is -2.12. The van der Waals surface area contributed by atoms with E-state index in [4.69, 9.17) is 16.3 Å². The van der Waals surface area contributed by atoms with Gasteiger partial charge in [0.2, 0.25) is 0 Å². The smallest absolute Gasteiger partial charge is 0.151 e. The first-order valence-electron chi connectivity index (χ1n) is 11.4. The molecule has 1 atom stereocenters. The van der Waals surface area contributed by atoms with Crippen LogP contribution < -0.4 is 15.4 Å². The van der Waals surface area contributed by atoms with Gasteiger partial charge in [0.1, 0.15) is 23.6 Å². The maximum absolute atomic E-state index is 13.8. The zero-order valence-corrected chi connectivity index (χ0v) is 20.5. The molecule has 9 heteroatoms. The second kappa shape index (κ2) is 9.70. The summed E-state index contributed by atoms with van der Waals surface area (Å²) in [5.41, 5.74) is 2.22. The Bertz CT molecular complexity index is 1660. The minimum atomic E-state index is -0.361. The molecule has 0 saturated carbocycles. The number of anilines is 2. The van der Waals surface area contributed by atoms with Gasteiger partial charge in [0.25, 0.3) is 0 Å². The highest BCUT2D eigenvalue weighted by Crippen LogP contribution is 2.36. The lowest BCUT2D eigenvalue weighted by atomic mass is 10.2. The molecule has 0 amide bonds. The number of fused-ring (bicyclic) bond motifs is 2. The molecule has 0 radical (unpaired) electrons. The van der Waals surface area contributed by atoms with E-state index >= 15 is 0 Å². The molecule has 5 aromatic rings. The molecule has 0 aliphatic carbocycles. The first-order chi connectivity index (χ1) is 17.6. The Balaban J connectivity index is 1.24. The van der Waals surface area contributed by atoms with Crippen molar-refractivity contribution in [3.8, 4) is 23.3 Å². The zero-order chi connectivity index (χ0) is 24.5. The lowest BCUT2D eigenvalue weighted by Crippen LogP contribution is -2.18. The van der Waals surface area contributed by atoms with E-state index in [2.05, 4.69) is 37.4 Å². The highest BCUT2D eigenvalue weighted by Gasteiger charge is 2.13. The number of rotatable bonds is 4. The summed E-state index contributed by atoms with van der Waals surface area (Å²) in [6.45, 7) is 1.02. The van der Waals surface area contributed by atoms with Gasteiger partial charge in [-0.2, -0.15) is 0 Å². The van der Waals surface area contributed by atoms with E-state index in [0.29, 0.717) is 33.2 Å². The van der Waals surface area contributed by atoms with Crippen molar-refractivity contribution in [2.45, 2.75) is 18.9 Å². The van der Waals surface area contributed by atoms with Crippen molar-refractivity contribution >= 4 is 55.6 Å². The summed E-state index contributed by atoms with van der Waals surface area (Å²) in [6, 6.07) is 13.7. The average molecular weight is 516 g/mol. The van der Waals surface area contributed by atoms with Crippen molar-refractivity contribution < 1.29 is 9.13 Å². The third kappa shape index (κ3) is 4.69. The number of halogens is 2. The van der Waals surface area contributed by atoms with Crippen LogP contribution in [0.4, 0.5) is 15.9 Å². The summed E-state index contributed by atoms with van der Waals surface area (Å²) in [5.74, 6) is 7.80. The fraction of sp³-hybridized carbons (Fsp3) is 0.148. The van der Waals surface area contributed by atoms with Gasteiger partial charge in [0.15, 0.2) is 5.82 Å². The molecule has 2 aromatic carbocycles. The quantitative estimate of drug-likeness (QED) is 0.260. The average Bonchev–Trinajstić information content (AvgIpc) is 3.55. The summed E-state index contributed by atoms with van der Waals surface area (Å²) in [7, 11) is 0. The van der Waals surface area contributed by atoms with E-state index in [1.54, 1.807) is 41.8 Å². The van der Waals surface area contributed by atoms with Gasteiger partial charge in [-0.1, -0.05) is 23.4 Å². The van der Waals surface area contributed by atoms with Gasteiger partial charge in [-0.25, -0.2) is 14.4 Å². The molecular weight excluding hydrogens is 497 g/mol. The Kier molecular flexibility index (Phi) is 6.11. The highest BCUT2D eigenvalue weighted by atomic mass is 35.5. The summed E-state index contributed by atoms with van der Waals surface area (Å²) < 4.78 is 20.7. The molecule has 36 heavy (non-hydrogen) atoms. The van der Waals surface area contributed by atoms with E-state index in [1.165, 1.54) is 18.5 Å². The van der Waals surface area contributed by atoms with E-state index in [1.807, 2.05) is 12.1 Å². The van der Waals surface area contributed by atoms with E-state index in [9.17, 15) is 4.39 Å². The van der Waals surface area contributed by atoms with Crippen LogP contribution in [-0.2, 0) is 0 Å². The fourth-order valence-electron chi connectivity index (χ4n) is 4.07. The lowest BCUT2D eigenvalue weighted by molar-refractivity contribution is 0.488. The normalized spacial score (nSPS) is 15.1. The molecule has 0 unspecified atom stereocenters. The number of hydrogen-bond acceptors (Lipinski definition) is 7. The molecule has 6 rings (SSSR count). The Hall–Kier alpha value is -3.77. The molecule has 1 aliphatic rings. The van der Waals surface area contributed by atoms with Gasteiger partial charge < -0.3 is 15.4 Å². The number of nitrogens with one attached hydrogen (secondary N) is 2. The Labute approximate surface area is 215 Å². The number of thiophene rings is 1. The van der Waals surface area contributed by atoms with Crippen molar-refractivity contribution in [2.24, 2.45) is 0 Å². The molecular formula is C27H19ClFN5OS. The molecule has 0 bridgehead atoms. The van der Waals surface area contributed by atoms with Crippen molar-refractivity contribution in [3.05, 3.63) is 76.8 Å². The number of pyridine rings is 1. The van der Waals surface area contributed by atoms with E-state index in [-0.39, 0.29) is 11.9 Å². The molecule has 1 fully saturated rings. The Morgan fingerprint density at radius 1 is 1.06 bits per heavy atom. The summed E-state index contributed by atoms with van der Waals surface area (Å²) in [4.78, 5) is 14.0. The summed E-state index contributed by atoms with van der Waals surface area (Å²) >= 11 is 8.10. The van der Waals surface area contributed by atoms with Crippen LogP contribution in [0.25, 0.3) is 21.1 Å². The molecule has 178 valence electrons. The van der Waals surface area contributed by atoms with E-state index < -0.39 is 0 Å². The number of hydrogen-bond donors (Lipinski definition) is 2. The van der Waals surface area contributed by atoms with Crippen molar-refractivity contribution in [2.75, 3.05) is 11.9 Å². The first kappa shape index (κ1) is 22.7. The third-order valence-electron chi connectivity index (χ3n) is 5.82. The van der Waals surface area contributed by atoms with Gasteiger partial charge in [-0.3, -0.25) is 4.98 Å². The van der Waals surface area contributed by atoms with Gasteiger partial charge in [0.05, 0.1) is 31.7 Å². The molecule has 6 nitrogen and oxygen atoms in total. The topological polar surface area (TPSA) is 72.0 Å². The number of aromatic nitrogens is 3. The van der Waals surface area contributed by atoms with Crippen LogP contribution in [0.5, 0.6) is 11.5 Å². The maximum Gasteiger partial charge on any atom is 0.151 e. The largest absolute Gasteiger partial charge is 0.455 e. The predicted molar refractivity (Wildman–Crippen MR) is 142 cm³/mol. The van der Waals surface area contributed by atoms with Crippen LogP contribution in [0.15, 0.2) is 61.1 Å². The summed E-state index contributed by atoms with van der Waals surface area (Å²) in [5, 5.41) is 7.68. The Morgan fingerprint density at radius 2 is 2.00 bits per heavy atom. The zero-order valence-electron chi connectivity index (χ0n) is 18.9. The summed E-state index contributed by atoms with van der Waals surface area (Å²) in [6.07, 6.45) is 5.39. The standard InChI is InChI=1S/C27H19ClFN5OS/c28-21-13-18(5-8-25(21)35-24-9-11-31-22-7-3-16(29)12-20(22)24)34-27-26-23(32-15-33-27)14-19(36-26)6-4-17-2-1-10-30-17/h3,5,7-9,11-15,17,30H,1-2,10H2,(H,32,33,34)/t17-/m1/s1. The second-order valence-corrected chi connectivity index (χ2v) is 9.77. The molecule has 4 heterocycles. The predicted octanol–water partition coefficient (Wildman–Crippen LogP) is 6.67. The number of nitrogens with zero attached hydrogens (tertiary/aromatic N) is 3. The van der Waals surface area contributed by atoms with Gasteiger partial charge >= 0.3 is 0 Å². The molecule has 0 spiro atoms. The minimum Gasteiger partial charge on any atom is -0.455 e. The SMILES string of the molecule is Fc1ccc2nccc(Oc3ccc(Nc4ncnc5cc(C#C[C@H]6CCCN6)sc45)cc3Cl)c2c1. The molecule has 1 aliphatic heterocycles. The molecule has 1 saturated heterocycles. The highest BCUT2D eigenvalue weighted by molar-refractivity contribution is 7.20. The van der Waals surface area contributed by atoms with Crippen LogP contribution in [0, 0.1) is 17.7 Å². The maximum atomic E-state index is 13.8. The van der Waals surface area contributed by atoms with Gasteiger partial charge in [0, 0.05) is 17.3 Å². The molecule has 3 aromatic heterocycles. The van der Waals surface area contributed by atoms with Crippen molar-refractivity contribution in [3.63, 3.8) is 0 Å². The number of ether oxygens (including phenoxy) is 1. The van der Waals surface area contributed by atoms with Crippen molar-refractivity contribution in [1.82, 2.24) is 20.3 Å². The van der Waals surface area contributed by atoms with E-state index in [0.717, 1.165) is 40.2 Å². The van der Waals surface area contributed by atoms with Gasteiger partial charge in [-0.05, 0) is 67.9 Å². The number of benzene rings is 2. The monoisotopic (exact) mass is 515 g/mol.